The average molecular weight is 255 g/mol. The van der Waals surface area contributed by atoms with Crippen molar-refractivity contribution in [2.45, 2.75) is 26.4 Å². The summed E-state index contributed by atoms with van der Waals surface area (Å²) in [5, 5.41) is 0. The third kappa shape index (κ3) is 4.31. The minimum absolute atomic E-state index is 0.383. The summed E-state index contributed by atoms with van der Waals surface area (Å²) >= 11 is 0. The predicted molar refractivity (Wildman–Crippen MR) is 68.5 cm³/mol. The number of carbonyl (C=O) groups is 1. The average Bonchev–Trinajstić information content (AvgIpc) is 2.14. The van der Waals surface area contributed by atoms with E-state index in [-0.39, 0.29) is 0 Å². The van der Waals surface area contributed by atoms with Crippen LogP contribution in [0.25, 0.3) is 0 Å². The number of hydrogen-bond donors (Lipinski definition) is 0. The van der Waals surface area contributed by atoms with Gasteiger partial charge in [-0.1, -0.05) is 0 Å². The van der Waals surface area contributed by atoms with Gasteiger partial charge in [-0.2, -0.15) is 0 Å². The Morgan fingerprint density at radius 3 is 2.41 bits per heavy atom. The van der Waals surface area contributed by atoms with Crippen LogP contribution in [0.5, 0.6) is 0 Å². The predicted octanol–water partition coefficient (Wildman–Crippen LogP) is 2.28. The number of ether oxygens (including phenoxy) is 1. The summed E-state index contributed by atoms with van der Waals surface area (Å²) in [6.45, 7) is 8.65. The molecule has 0 aliphatic rings. The quantitative estimate of drug-likeness (QED) is 0.601. The smallest absolute Gasteiger partial charge is 0.338 e. The van der Waals surface area contributed by atoms with Gasteiger partial charge in [0.2, 0.25) is 0 Å². The van der Waals surface area contributed by atoms with Crippen LogP contribution in [0.1, 0.15) is 31.1 Å². The zero-order chi connectivity index (χ0) is 13.3. The fourth-order valence-electron chi connectivity index (χ4n) is 1.18. The highest BCUT2D eigenvalue weighted by molar-refractivity contribution is 7.69. The van der Waals surface area contributed by atoms with Crippen LogP contribution in [0.2, 0.25) is 0 Å². The maximum Gasteiger partial charge on any atom is 0.338 e. The minimum atomic E-state index is -2.45. The van der Waals surface area contributed by atoms with Crippen LogP contribution in [0.3, 0.4) is 0 Å². The molecule has 0 fully saturated rings. The molecular weight excluding hydrogens is 237 g/mol. The van der Waals surface area contributed by atoms with E-state index in [4.69, 9.17) is 4.74 Å². The summed E-state index contributed by atoms with van der Waals surface area (Å²) in [4.78, 5) is 15.8. The molecule has 1 aromatic heterocycles. The van der Waals surface area contributed by atoms with Gasteiger partial charge in [-0.3, -0.25) is 4.98 Å². The summed E-state index contributed by atoms with van der Waals surface area (Å²) in [6.07, 6.45) is 1.48. The third-order valence-corrected chi connectivity index (χ3v) is 3.28. The Kier molecular flexibility index (Phi) is 3.78. The third-order valence-electron chi connectivity index (χ3n) is 1.93. The molecular formula is C12H18NO3P. The highest BCUT2D eigenvalue weighted by Gasteiger charge is 2.20. The Hall–Kier alpha value is -1.15. The van der Waals surface area contributed by atoms with Crippen LogP contribution in [0, 0.1) is 0 Å². The fraction of sp³-hybridized carbons (Fsp3) is 0.500. The van der Waals surface area contributed by atoms with Crippen LogP contribution in [-0.4, -0.2) is 29.9 Å². The van der Waals surface area contributed by atoms with Gasteiger partial charge in [0.05, 0.1) is 5.56 Å². The molecule has 1 heterocycles. The second-order valence-electron chi connectivity index (χ2n) is 5.26. The molecule has 0 aromatic carbocycles. The zero-order valence-electron chi connectivity index (χ0n) is 10.9. The Bertz CT molecular complexity index is 471. The Balaban J connectivity index is 3.01. The van der Waals surface area contributed by atoms with Crippen molar-refractivity contribution in [2.24, 2.45) is 0 Å². The molecule has 0 radical (unpaired) electrons. The van der Waals surface area contributed by atoms with E-state index in [1.807, 2.05) is 0 Å². The van der Waals surface area contributed by atoms with Crippen LogP contribution < -0.4 is 5.44 Å². The van der Waals surface area contributed by atoms with Gasteiger partial charge in [0.15, 0.2) is 0 Å². The van der Waals surface area contributed by atoms with Crippen molar-refractivity contribution < 1.29 is 14.1 Å². The van der Waals surface area contributed by atoms with Crippen LogP contribution >= 0.6 is 7.14 Å². The molecule has 94 valence electrons. The lowest BCUT2D eigenvalue weighted by Crippen LogP contribution is -2.24. The lowest BCUT2D eigenvalue weighted by atomic mass is 10.2. The molecule has 0 aliphatic heterocycles. The summed E-state index contributed by atoms with van der Waals surface area (Å²) in [5.41, 5.74) is 0.289. The van der Waals surface area contributed by atoms with Gasteiger partial charge in [-0.05, 0) is 46.2 Å². The molecule has 5 heteroatoms. The van der Waals surface area contributed by atoms with Crippen molar-refractivity contribution in [3.63, 3.8) is 0 Å². The molecule has 4 nitrogen and oxygen atoms in total. The molecule has 1 rings (SSSR count). The maximum absolute atomic E-state index is 11.9. The van der Waals surface area contributed by atoms with E-state index >= 15 is 0 Å². The Morgan fingerprint density at radius 2 is 1.94 bits per heavy atom. The lowest BCUT2D eigenvalue weighted by Gasteiger charge is -2.19. The fourth-order valence-corrected chi connectivity index (χ4v) is 1.97. The summed E-state index contributed by atoms with van der Waals surface area (Å²) in [5.74, 6) is -0.422. The SMILES string of the molecule is CC(C)(C)OC(=O)c1ccnc(P(C)(C)=O)c1. The first-order chi connectivity index (χ1) is 7.59. The minimum Gasteiger partial charge on any atom is -0.456 e. The van der Waals surface area contributed by atoms with Crippen LogP contribution in [0.4, 0.5) is 0 Å². The molecule has 17 heavy (non-hydrogen) atoms. The summed E-state index contributed by atoms with van der Waals surface area (Å²) < 4.78 is 17.1. The van der Waals surface area contributed by atoms with Crippen molar-refractivity contribution in [1.29, 1.82) is 0 Å². The molecule has 1 aromatic rings. The normalized spacial score (nSPS) is 12.3. The van der Waals surface area contributed by atoms with E-state index < -0.39 is 18.7 Å². The first-order valence-electron chi connectivity index (χ1n) is 5.34. The number of hydrogen-bond acceptors (Lipinski definition) is 4. The highest BCUT2D eigenvalue weighted by Crippen LogP contribution is 2.33. The largest absolute Gasteiger partial charge is 0.456 e. The molecule has 0 spiro atoms. The number of pyridine rings is 1. The maximum atomic E-state index is 11.9. The molecule has 0 saturated carbocycles. The molecule has 0 unspecified atom stereocenters. The first-order valence-corrected chi connectivity index (χ1v) is 7.95. The van der Waals surface area contributed by atoms with Gasteiger partial charge in [0.25, 0.3) is 0 Å². The molecule has 0 amide bonds. The zero-order valence-corrected chi connectivity index (χ0v) is 11.7. The first kappa shape index (κ1) is 13.9. The summed E-state index contributed by atoms with van der Waals surface area (Å²) in [6, 6.07) is 3.10. The molecule has 0 aliphatic carbocycles. The van der Waals surface area contributed by atoms with Crippen LogP contribution in [0.15, 0.2) is 18.3 Å². The standard InChI is InChI=1S/C12H18NO3P/c1-12(2,3)16-11(14)9-6-7-13-10(8-9)17(4,5)15/h6-8H,1-5H3. The topological polar surface area (TPSA) is 56.3 Å². The highest BCUT2D eigenvalue weighted by atomic mass is 31.2. The van der Waals surface area contributed by atoms with Gasteiger partial charge >= 0.3 is 5.97 Å². The van der Waals surface area contributed by atoms with Crippen LogP contribution in [-0.2, 0) is 9.30 Å². The number of nitrogens with zero attached hydrogens (tertiary/aromatic N) is 1. The molecule has 0 N–H and O–H groups in total. The van der Waals surface area contributed by atoms with Gasteiger partial charge in [0, 0.05) is 6.20 Å². The number of aromatic nitrogens is 1. The van der Waals surface area contributed by atoms with Gasteiger partial charge in [-0.25, -0.2) is 4.79 Å². The monoisotopic (exact) mass is 255 g/mol. The molecule has 0 bridgehead atoms. The van der Waals surface area contributed by atoms with E-state index in [2.05, 4.69) is 4.98 Å². The van der Waals surface area contributed by atoms with Gasteiger partial charge in [-0.15, -0.1) is 0 Å². The van der Waals surface area contributed by atoms with Crippen molar-refractivity contribution in [3.05, 3.63) is 23.9 Å². The molecule has 0 saturated heterocycles. The Labute approximate surface area is 102 Å². The second-order valence-corrected chi connectivity index (χ2v) is 8.42. The van der Waals surface area contributed by atoms with Crippen molar-refractivity contribution >= 4 is 18.5 Å². The number of esters is 1. The van der Waals surface area contributed by atoms with E-state index in [1.165, 1.54) is 12.3 Å². The van der Waals surface area contributed by atoms with E-state index in [0.717, 1.165) is 0 Å². The lowest BCUT2D eigenvalue weighted by molar-refractivity contribution is 0.00695. The second kappa shape index (κ2) is 4.61. The van der Waals surface area contributed by atoms with Crippen molar-refractivity contribution in [1.82, 2.24) is 4.98 Å². The Morgan fingerprint density at radius 1 is 1.35 bits per heavy atom. The number of carbonyl (C=O) groups excluding carboxylic acids is 1. The van der Waals surface area contributed by atoms with E-state index in [1.54, 1.807) is 40.2 Å². The van der Waals surface area contributed by atoms with E-state index in [0.29, 0.717) is 11.0 Å². The van der Waals surface area contributed by atoms with Crippen molar-refractivity contribution in [3.8, 4) is 0 Å². The molecule has 0 atom stereocenters. The number of rotatable bonds is 2. The summed E-state index contributed by atoms with van der Waals surface area (Å²) in [7, 11) is -2.45. The van der Waals surface area contributed by atoms with E-state index in [9.17, 15) is 9.36 Å². The van der Waals surface area contributed by atoms with Gasteiger partial charge < -0.3 is 9.30 Å². The van der Waals surface area contributed by atoms with Crippen molar-refractivity contribution in [2.75, 3.05) is 13.3 Å². The van der Waals surface area contributed by atoms with Gasteiger partial charge in [0.1, 0.15) is 18.2 Å².